The average Bonchev–Trinajstić information content (AvgIpc) is 3.84. The van der Waals surface area contributed by atoms with Crippen molar-refractivity contribution in [1.82, 2.24) is 25.3 Å². The fourth-order valence-electron chi connectivity index (χ4n) is 6.97. The zero-order chi connectivity index (χ0) is 35.5. The van der Waals surface area contributed by atoms with Gasteiger partial charge in [-0.3, -0.25) is 29.0 Å². The van der Waals surface area contributed by atoms with E-state index < -0.39 is 48.1 Å². The fourth-order valence-corrected chi connectivity index (χ4v) is 6.97. The lowest BCUT2D eigenvalue weighted by Crippen LogP contribution is -2.59. The molecule has 0 radical (unpaired) electrons. The van der Waals surface area contributed by atoms with Crippen LogP contribution in [0.2, 0.25) is 0 Å². The Hall–Kier alpha value is -3.75. The summed E-state index contributed by atoms with van der Waals surface area (Å²) in [6, 6.07) is -4.67. The van der Waals surface area contributed by atoms with Crippen LogP contribution in [0.15, 0.2) is 4.99 Å². The molecule has 15 heteroatoms. The van der Waals surface area contributed by atoms with Gasteiger partial charge in [-0.15, -0.1) is 0 Å². The van der Waals surface area contributed by atoms with E-state index in [1.807, 2.05) is 27.7 Å². The van der Waals surface area contributed by atoms with Crippen molar-refractivity contribution < 1.29 is 28.8 Å². The Bertz CT molecular complexity index is 1190. The van der Waals surface area contributed by atoms with Gasteiger partial charge < -0.3 is 47.3 Å². The second-order valence-electron chi connectivity index (χ2n) is 13.9. The van der Waals surface area contributed by atoms with Crippen molar-refractivity contribution in [2.45, 2.75) is 128 Å². The second-order valence-corrected chi connectivity index (χ2v) is 13.9. The zero-order valence-corrected chi connectivity index (χ0v) is 29.1. The van der Waals surface area contributed by atoms with Crippen LogP contribution in [0.3, 0.4) is 0 Å². The quantitative estimate of drug-likeness (QED) is 0.0620. The molecule has 0 spiro atoms. The summed E-state index contributed by atoms with van der Waals surface area (Å²) in [5.74, 6) is -2.00. The topological polar surface area (TPSA) is 227 Å². The Morgan fingerprint density at radius 3 is 2.12 bits per heavy atom. The van der Waals surface area contributed by atoms with Crippen LogP contribution in [0.25, 0.3) is 0 Å². The lowest BCUT2D eigenvalue weighted by atomic mass is 9.96. The van der Waals surface area contributed by atoms with Gasteiger partial charge in [-0.1, -0.05) is 34.1 Å². The fraction of sp³-hybridized carbons (Fsp3) is 0.788. The first-order valence-electron chi connectivity index (χ1n) is 17.6. The van der Waals surface area contributed by atoms with Crippen LogP contribution < -0.4 is 27.8 Å². The molecule has 0 unspecified atom stereocenters. The summed E-state index contributed by atoms with van der Waals surface area (Å²) in [5, 5.41) is 5.72. The van der Waals surface area contributed by atoms with Gasteiger partial charge in [-0.2, -0.15) is 0 Å². The van der Waals surface area contributed by atoms with Crippen LogP contribution in [0.5, 0.6) is 0 Å². The SMILES string of the molecule is CC[C@H](C)[C@H](NC(=O)[C@H](CCCN=C(N)N)NC(=O)[C@@H]1CCCN1C(=O)[C@@H]1CCCN1C(=O)[C@@H](N)CC(C)C)C(=O)N1CCC[C@H]1C=O. The van der Waals surface area contributed by atoms with Crippen LogP contribution in [-0.4, -0.2) is 119 Å². The van der Waals surface area contributed by atoms with Gasteiger partial charge in [0.1, 0.15) is 30.5 Å². The smallest absolute Gasteiger partial charge is 0.246 e. The van der Waals surface area contributed by atoms with Gasteiger partial charge in [0, 0.05) is 26.2 Å². The first-order valence-corrected chi connectivity index (χ1v) is 17.6. The van der Waals surface area contributed by atoms with E-state index in [1.54, 1.807) is 4.90 Å². The minimum atomic E-state index is -1.04. The first-order chi connectivity index (χ1) is 22.8. The molecule has 3 saturated heterocycles. The molecular formula is C33H57N9O6. The predicted molar refractivity (Wildman–Crippen MR) is 181 cm³/mol. The molecule has 0 aliphatic carbocycles. The molecule has 3 heterocycles. The summed E-state index contributed by atoms with van der Waals surface area (Å²) in [5.41, 5.74) is 17.1. The highest BCUT2D eigenvalue weighted by molar-refractivity contribution is 5.96. The number of amides is 5. The number of aldehydes is 1. The second kappa shape index (κ2) is 18.1. The number of nitrogens with two attached hydrogens (primary N) is 3. The molecule has 3 rings (SSSR count). The van der Waals surface area contributed by atoms with Crippen molar-refractivity contribution in [2.24, 2.45) is 34.0 Å². The molecule has 48 heavy (non-hydrogen) atoms. The van der Waals surface area contributed by atoms with Gasteiger partial charge in [-0.25, -0.2) is 0 Å². The summed E-state index contributed by atoms with van der Waals surface area (Å²) < 4.78 is 0. The summed E-state index contributed by atoms with van der Waals surface area (Å²) >= 11 is 0. The van der Waals surface area contributed by atoms with E-state index in [4.69, 9.17) is 17.2 Å². The number of nitrogens with zero attached hydrogens (tertiary/aromatic N) is 4. The van der Waals surface area contributed by atoms with E-state index in [1.165, 1.54) is 9.80 Å². The molecule has 0 aromatic rings. The monoisotopic (exact) mass is 675 g/mol. The standard InChI is InChI=1S/C33H57N9O6/c1-5-21(4)27(32(48)40-15-7-10-22(40)19-43)39-28(44)24(11-6-14-37-33(35)36)38-29(45)25-12-8-16-41(25)31(47)26-13-9-17-42(26)30(46)23(34)18-20(2)3/h19-27H,5-18,34H2,1-4H3,(H,38,45)(H,39,44)(H4,35,36,37)/t21-,22-,23-,24-,25-,26-,27-/m0/s1. The van der Waals surface area contributed by atoms with Gasteiger partial charge in [0.15, 0.2) is 5.96 Å². The van der Waals surface area contributed by atoms with Crippen LogP contribution in [0.1, 0.15) is 91.9 Å². The number of guanidine groups is 1. The Labute approximate surface area is 284 Å². The molecule has 0 bridgehead atoms. The maximum Gasteiger partial charge on any atom is 0.246 e. The van der Waals surface area contributed by atoms with Gasteiger partial charge in [-0.05, 0) is 69.6 Å². The number of carbonyl (C=O) groups excluding carboxylic acids is 6. The highest BCUT2D eigenvalue weighted by atomic mass is 16.2. The normalized spacial score (nSPS) is 23.4. The maximum absolute atomic E-state index is 13.8. The lowest BCUT2D eigenvalue weighted by molar-refractivity contribution is -0.147. The van der Waals surface area contributed by atoms with E-state index in [9.17, 15) is 28.8 Å². The molecule has 3 aliphatic heterocycles. The Kier molecular flexibility index (Phi) is 14.6. The minimum Gasteiger partial charge on any atom is -0.370 e. The lowest BCUT2D eigenvalue weighted by Gasteiger charge is -2.33. The van der Waals surface area contributed by atoms with Crippen LogP contribution in [0, 0.1) is 11.8 Å². The van der Waals surface area contributed by atoms with E-state index in [2.05, 4.69) is 15.6 Å². The number of nitrogens with one attached hydrogen (secondary N) is 2. The summed E-state index contributed by atoms with van der Waals surface area (Å²) in [4.78, 5) is 88.4. The number of hydrogen-bond donors (Lipinski definition) is 5. The molecule has 0 aromatic carbocycles. The molecule has 8 N–H and O–H groups in total. The minimum absolute atomic E-state index is 0.0949. The zero-order valence-electron chi connectivity index (χ0n) is 29.1. The van der Waals surface area contributed by atoms with E-state index in [0.29, 0.717) is 77.4 Å². The average molecular weight is 676 g/mol. The molecule has 5 amide bonds. The largest absolute Gasteiger partial charge is 0.370 e. The number of carbonyl (C=O) groups is 6. The third-order valence-corrected chi connectivity index (χ3v) is 9.80. The van der Waals surface area contributed by atoms with Gasteiger partial charge >= 0.3 is 0 Å². The third kappa shape index (κ3) is 9.89. The van der Waals surface area contributed by atoms with Crippen molar-refractivity contribution in [1.29, 1.82) is 0 Å². The molecule has 0 aromatic heterocycles. The highest BCUT2D eigenvalue weighted by Crippen LogP contribution is 2.26. The number of rotatable bonds is 16. The third-order valence-electron chi connectivity index (χ3n) is 9.80. The Balaban J connectivity index is 1.76. The van der Waals surface area contributed by atoms with Gasteiger partial charge in [0.05, 0.1) is 12.1 Å². The highest BCUT2D eigenvalue weighted by Gasteiger charge is 2.44. The summed E-state index contributed by atoms with van der Waals surface area (Å²) in [6.07, 6.45) is 5.85. The van der Waals surface area contributed by atoms with Crippen molar-refractivity contribution >= 4 is 41.8 Å². The van der Waals surface area contributed by atoms with E-state index >= 15 is 0 Å². The molecule has 3 aliphatic rings. The van der Waals surface area contributed by atoms with Gasteiger partial charge in [0.2, 0.25) is 29.5 Å². The Morgan fingerprint density at radius 2 is 1.50 bits per heavy atom. The number of likely N-dealkylation sites (tertiary alicyclic amines) is 3. The van der Waals surface area contributed by atoms with E-state index in [-0.39, 0.29) is 48.5 Å². The predicted octanol–water partition coefficient (Wildman–Crippen LogP) is -0.399. The number of aliphatic imine (C=N–C) groups is 1. The van der Waals surface area contributed by atoms with Gasteiger partial charge in [0.25, 0.3) is 0 Å². The van der Waals surface area contributed by atoms with Crippen molar-refractivity contribution in [3.63, 3.8) is 0 Å². The molecule has 0 saturated carbocycles. The van der Waals surface area contributed by atoms with Crippen molar-refractivity contribution in [3.8, 4) is 0 Å². The van der Waals surface area contributed by atoms with E-state index in [0.717, 1.165) is 6.29 Å². The summed E-state index contributed by atoms with van der Waals surface area (Å²) in [7, 11) is 0. The number of hydrogen-bond acceptors (Lipinski definition) is 8. The first kappa shape index (κ1) is 38.7. The van der Waals surface area contributed by atoms with Crippen LogP contribution in [0.4, 0.5) is 0 Å². The molecule has 270 valence electrons. The molecule has 3 fully saturated rings. The Morgan fingerprint density at radius 1 is 0.875 bits per heavy atom. The molecular weight excluding hydrogens is 618 g/mol. The van der Waals surface area contributed by atoms with Crippen molar-refractivity contribution in [2.75, 3.05) is 26.2 Å². The maximum atomic E-state index is 13.8. The van der Waals surface area contributed by atoms with Crippen LogP contribution >= 0.6 is 0 Å². The molecule has 15 nitrogen and oxygen atoms in total. The van der Waals surface area contributed by atoms with Crippen molar-refractivity contribution in [3.05, 3.63) is 0 Å². The van der Waals surface area contributed by atoms with Crippen LogP contribution in [-0.2, 0) is 28.8 Å². The molecule has 7 atom stereocenters. The summed E-state index contributed by atoms with van der Waals surface area (Å²) in [6.45, 7) is 9.19.